The first-order valence-corrected chi connectivity index (χ1v) is 5.80. The van der Waals surface area contributed by atoms with Gasteiger partial charge >= 0.3 is 6.09 Å². The first-order valence-electron chi connectivity index (χ1n) is 5.80. The van der Waals surface area contributed by atoms with Gasteiger partial charge in [-0.2, -0.15) is 0 Å². The molecule has 0 fully saturated rings. The minimum atomic E-state index is -1.40. The molecular formula is C12H24FNO2. The number of halogens is 1. The second-order valence-corrected chi connectivity index (χ2v) is 5.24. The summed E-state index contributed by atoms with van der Waals surface area (Å²) in [6.07, 6.45) is 0.346. The second-order valence-electron chi connectivity index (χ2n) is 5.24. The van der Waals surface area contributed by atoms with Crippen molar-refractivity contribution in [2.24, 2.45) is 0 Å². The lowest BCUT2D eigenvalue weighted by molar-refractivity contribution is 0.0392. The van der Waals surface area contributed by atoms with Gasteiger partial charge in [-0.25, -0.2) is 9.18 Å². The fraction of sp³-hybridized carbons (Fsp3) is 0.917. The van der Waals surface area contributed by atoms with Crippen molar-refractivity contribution in [2.75, 3.05) is 0 Å². The molecule has 4 heteroatoms. The predicted molar refractivity (Wildman–Crippen MR) is 63.3 cm³/mol. The normalized spacial score (nSPS) is 17.4. The summed E-state index contributed by atoms with van der Waals surface area (Å²) in [6.45, 7) is 10.4. The minimum absolute atomic E-state index is 0.362. The van der Waals surface area contributed by atoms with Crippen LogP contribution in [0.1, 0.15) is 54.4 Å². The van der Waals surface area contributed by atoms with Crippen LogP contribution in [0.2, 0.25) is 0 Å². The first kappa shape index (κ1) is 15.2. The van der Waals surface area contributed by atoms with E-state index >= 15 is 0 Å². The predicted octanol–water partition coefficient (Wildman–Crippen LogP) is 3.43. The summed E-state index contributed by atoms with van der Waals surface area (Å²) in [7, 11) is 0. The largest absolute Gasteiger partial charge is 0.444 e. The van der Waals surface area contributed by atoms with Crippen molar-refractivity contribution in [1.82, 2.24) is 5.32 Å². The Hall–Kier alpha value is -0.800. The van der Waals surface area contributed by atoms with Crippen LogP contribution in [-0.4, -0.2) is 23.4 Å². The van der Waals surface area contributed by atoms with E-state index in [1.807, 2.05) is 6.92 Å². The van der Waals surface area contributed by atoms with E-state index in [-0.39, 0.29) is 0 Å². The van der Waals surface area contributed by atoms with Gasteiger partial charge in [-0.3, -0.25) is 0 Å². The summed E-state index contributed by atoms with van der Waals surface area (Å²) >= 11 is 0. The summed E-state index contributed by atoms with van der Waals surface area (Å²) in [5.74, 6) is 0. The molecule has 0 aromatic carbocycles. The summed E-state index contributed by atoms with van der Waals surface area (Å²) < 4.78 is 19.1. The number of hydrogen-bond acceptors (Lipinski definition) is 2. The highest BCUT2D eigenvalue weighted by molar-refractivity contribution is 5.68. The van der Waals surface area contributed by atoms with Gasteiger partial charge in [0, 0.05) is 0 Å². The third-order valence-electron chi connectivity index (χ3n) is 2.52. The Morgan fingerprint density at radius 3 is 2.12 bits per heavy atom. The Bertz CT molecular complexity index is 234. The van der Waals surface area contributed by atoms with Crippen molar-refractivity contribution in [3.63, 3.8) is 0 Å². The van der Waals surface area contributed by atoms with Crippen molar-refractivity contribution in [2.45, 2.75) is 71.7 Å². The third kappa shape index (κ3) is 5.33. The molecule has 2 atom stereocenters. The number of rotatable bonds is 4. The van der Waals surface area contributed by atoms with Crippen molar-refractivity contribution < 1.29 is 13.9 Å². The molecule has 0 aromatic heterocycles. The lowest BCUT2D eigenvalue weighted by Crippen LogP contribution is -2.49. The summed E-state index contributed by atoms with van der Waals surface area (Å²) in [4.78, 5) is 11.5. The maximum atomic E-state index is 14.0. The minimum Gasteiger partial charge on any atom is -0.444 e. The molecule has 0 saturated heterocycles. The molecule has 0 aliphatic carbocycles. The Labute approximate surface area is 97.7 Å². The number of hydrogen-bond donors (Lipinski definition) is 1. The first-order chi connectivity index (χ1) is 7.12. The van der Waals surface area contributed by atoms with Crippen molar-refractivity contribution >= 4 is 6.09 Å². The van der Waals surface area contributed by atoms with E-state index in [1.54, 1.807) is 27.7 Å². The smallest absolute Gasteiger partial charge is 0.407 e. The Balaban J connectivity index is 4.40. The quantitative estimate of drug-likeness (QED) is 0.808. The zero-order valence-corrected chi connectivity index (χ0v) is 11.2. The maximum absolute atomic E-state index is 14.0. The molecule has 1 N–H and O–H groups in total. The standard InChI is InChI=1S/C12H24FNO2/c1-7-9(12(6,13)8-2)14-10(15)16-11(3,4)5/h9H,7-8H2,1-6H3,(H,14,15). The molecule has 96 valence electrons. The molecular weight excluding hydrogens is 209 g/mol. The number of nitrogens with one attached hydrogen (secondary N) is 1. The highest BCUT2D eigenvalue weighted by Crippen LogP contribution is 2.22. The van der Waals surface area contributed by atoms with Gasteiger partial charge in [0.15, 0.2) is 0 Å². The summed E-state index contributed by atoms with van der Waals surface area (Å²) in [5.41, 5.74) is -1.95. The van der Waals surface area contributed by atoms with E-state index in [4.69, 9.17) is 4.74 Å². The SMILES string of the molecule is CCC(NC(=O)OC(C)(C)C)C(C)(F)CC. The van der Waals surface area contributed by atoms with E-state index < -0.39 is 23.4 Å². The number of ether oxygens (including phenoxy) is 1. The Kier molecular flexibility index (Phi) is 5.23. The fourth-order valence-corrected chi connectivity index (χ4v) is 1.37. The molecule has 0 radical (unpaired) electrons. The molecule has 0 heterocycles. The van der Waals surface area contributed by atoms with E-state index in [2.05, 4.69) is 5.32 Å². The highest BCUT2D eigenvalue weighted by atomic mass is 19.1. The van der Waals surface area contributed by atoms with Crippen LogP contribution in [0.5, 0.6) is 0 Å². The molecule has 16 heavy (non-hydrogen) atoms. The molecule has 0 aliphatic rings. The second kappa shape index (κ2) is 5.51. The number of carbonyl (C=O) groups is 1. The molecule has 1 amide bonds. The molecule has 0 aliphatic heterocycles. The molecule has 3 nitrogen and oxygen atoms in total. The van der Waals surface area contributed by atoms with Gasteiger partial charge in [0.1, 0.15) is 11.3 Å². The molecule has 0 aromatic rings. The van der Waals surface area contributed by atoms with E-state index in [1.165, 1.54) is 6.92 Å². The summed E-state index contributed by atoms with van der Waals surface area (Å²) in [5, 5.41) is 2.58. The van der Waals surface area contributed by atoms with Crippen LogP contribution >= 0.6 is 0 Å². The molecule has 0 saturated carbocycles. The van der Waals surface area contributed by atoms with Gasteiger partial charge in [0.05, 0.1) is 6.04 Å². The zero-order valence-electron chi connectivity index (χ0n) is 11.2. The lowest BCUT2D eigenvalue weighted by atomic mass is 9.94. The van der Waals surface area contributed by atoms with Crippen LogP contribution in [0, 0.1) is 0 Å². The van der Waals surface area contributed by atoms with Crippen molar-refractivity contribution in [3.8, 4) is 0 Å². The van der Waals surface area contributed by atoms with Crippen LogP contribution in [-0.2, 0) is 4.74 Å². The van der Waals surface area contributed by atoms with Gasteiger partial charge in [-0.1, -0.05) is 13.8 Å². The van der Waals surface area contributed by atoms with Crippen LogP contribution in [0.4, 0.5) is 9.18 Å². The van der Waals surface area contributed by atoms with E-state index in [0.717, 1.165) is 0 Å². The fourth-order valence-electron chi connectivity index (χ4n) is 1.37. The number of carbonyl (C=O) groups excluding carboxylic acids is 1. The molecule has 0 spiro atoms. The van der Waals surface area contributed by atoms with Gasteiger partial charge in [-0.05, 0) is 40.5 Å². The molecule has 2 unspecified atom stereocenters. The topological polar surface area (TPSA) is 38.3 Å². The average molecular weight is 233 g/mol. The summed E-state index contributed by atoms with van der Waals surface area (Å²) in [6, 6.07) is -0.507. The number of alkyl carbamates (subject to hydrolysis) is 1. The van der Waals surface area contributed by atoms with Gasteiger partial charge in [-0.15, -0.1) is 0 Å². The van der Waals surface area contributed by atoms with Gasteiger partial charge in [0.25, 0.3) is 0 Å². The van der Waals surface area contributed by atoms with Crippen LogP contribution < -0.4 is 5.32 Å². The Morgan fingerprint density at radius 2 is 1.81 bits per heavy atom. The van der Waals surface area contributed by atoms with Crippen LogP contribution in [0.3, 0.4) is 0 Å². The van der Waals surface area contributed by atoms with Gasteiger partial charge in [0.2, 0.25) is 0 Å². The van der Waals surface area contributed by atoms with Crippen LogP contribution in [0.25, 0.3) is 0 Å². The Morgan fingerprint density at radius 1 is 1.31 bits per heavy atom. The third-order valence-corrected chi connectivity index (χ3v) is 2.52. The maximum Gasteiger partial charge on any atom is 0.407 e. The average Bonchev–Trinajstić information content (AvgIpc) is 2.11. The van der Waals surface area contributed by atoms with E-state index in [9.17, 15) is 9.18 Å². The van der Waals surface area contributed by atoms with Crippen molar-refractivity contribution in [1.29, 1.82) is 0 Å². The lowest BCUT2D eigenvalue weighted by Gasteiger charge is -2.30. The molecule has 0 rings (SSSR count). The zero-order chi connectivity index (χ0) is 13.0. The number of alkyl halides is 1. The van der Waals surface area contributed by atoms with Gasteiger partial charge < -0.3 is 10.1 Å². The van der Waals surface area contributed by atoms with Crippen LogP contribution in [0.15, 0.2) is 0 Å². The van der Waals surface area contributed by atoms with E-state index in [0.29, 0.717) is 12.8 Å². The highest BCUT2D eigenvalue weighted by Gasteiger charge is 2.33. The molecule has 0 bridgehead atoms. The van der Waals surface area contributed by atoms with Crippen molar-refractivity contribution in [3.05, 3.63) is 0 Å². The monoisotopic (exact) mass is 233 g/mol. The number of amides is 1.